The molecule has 1 heterocycles. The van der Waals surface area contributed by atoms with Crippen LogP contribution in [-0.2, 0) is 4.79 Å². The minimum atomic E-state index is -0.776. The monoisotopic (exact) mass is 394 g/mol. The highest BCUT2D eigenvalue weighted by molar-refractivity contribution is 5.93. The van der Waals surface area contributed by atoms with Gasteiger partial charge in [0.2, 0.25) is 5.91 Å². The first-order valence-electron chi connectivity index (χ1n) is 9.11. The van der Waals surface area contributed by atoms with Crippen molar-refractivity contribution in [1.82, 2.24) is 14.8 Å². The van der Waals surface area contributed by atoms with E-state index in [-0.39, 0.29) is 5.91 Å². The second-order valence-electron chi connectivity index (χ2n) is 6.24. The Bertz CT molecular complexity index is 1030. The molecule has 1 atom stereocenters. The SMILES string of the molecule is CC[C@@H](C(=O)Nc1ccc(OC)cc1)n1ncc(-c2ccc(OC)cc2)nc1=O. The van der Waals surface area contributed by atoms with Gasteiger partial charge in [-0.3, -0.25) is 4.79 Å². The van der Waals surface area contributed by atoms with Gasteiger partial charge in [-0.05, 0) is 55.0 Å². The van der Waals surface area contributed by atoms with E-state index in [2.05, 4.69) is 15.4 Å². The van der Waals surface area contributed by atoms with E-state index in [1.54, 1.807) is 62.8 Å². The Morgan fingerprint density at radius 3 is 2.14 bits per heavy atom. The van der Waals surface area contributed by atoms with Gasteiger partial charge in [-0.15, -0.1) is 0 Å². The van der Waals surface area contributed by atoms with Crippen LogP contribution in [0.5, 0.6) is 11.5 Å². The lowest BCUT2D eigenvalue weighted by atomic mass is 10.1. The lowest BCUT2D eigenvalue weighted by molar-refractivity contribution is -0.119. The summed E-state index contributed by atoms with van der Waals surface area (Å²) in [6.07, 6.45) is 1.87. The second kappa shape index (κ2) is 9.01. The molecule has 0 unspecified atom stereocenters. The summed E-state index contributed by atoms with van der Waals surface area (Å²) in [5.41, 5.74) is 1.18. The standard InChI is InChI=1S/C21H22N4O4/c1-4-19(20(26)23-15-7-11-17(29-3)12-8-15)25-21(27)24-18(13-22-25)14-5-9-16(28-2)10-6-14/h5-13,19H,4H2,1-3H3,(H,23,26)/t19-/m0/s1. The minimum absolute atomic E-state index is 0.341. The Hall–Kier alpha value is -3.68. The summed E-state index contributed by atoms with van der Waals surface area (Å²) in [7, 11) is 3.15. The van der Waals surface area contributed by atoms with Crippen molar-refractivity contribution in [2.75, 3.05) is 19.5 Å². The van der Waals surface area contributed by atoms with Crippen molar-refractivity contribution in [3.63, 3.8) is 0 Å². The van der Waals surface area contributed by atoms with E-state index in [4.69, 9.17) is 9.47 Å². The summed E-state index contributed by atoms with van der Waals surface area (Å²) in [6, 6.07) is 13.3. The van der Waals surface area contributed by atoms with E-state index in [1.165, 1.54) is 6.20 Å². The Balaban J connectivity index is 1.80. The number of rotatable bonds is 7. The zero-order valence-electron chi connectivity index (χ0n) is 16.5. The molecule has 0 spiro atoms. The fourth-order valence-corrected chi connectivity index (χ4v) is 2.83. The van der Waals surface area contributed by atoms with Crippen molar-refractivity contribution < 1.29 is 14.3 Å². The summed E-state index contributed by atoms with van der Waals surface area (Å²) >= 11 is 0. The van der Waals surface area contributed by atoms with Crippen LogP contribution in [0.2, 0.25) is 0 Å². The molecule has 0 fully saturated rings. The number of hydrogen-bond acceptors (Lipinski definition) is 6. The lowest BCUT2D eigenvalue weighted by Gasteiger charge is -2.16. The fourth-order valence-electron chi connectivity index (χ4n) is 2.83. The Morgan fingerprint density at radius 1 is 1.03 bits per heavy atom. The third-order valence-electron chi connectivity index (χ3n) is 4.44. The average Bonchev–Trinajstić information content (AvgIpc) is 2.76. The zero-order chi connectivity index (χ0) is 20.8. The molecule has 0 aliphatic rings. The summed E-state index contributed by atoms with van der Waals surface area (Å²) in [5, 5.41) is 6.98. The summed E-state index contributed by atoms with van der Waals surface area (Å²) in [5.74, 6) is 1.05. The minimum Gasteiger partial charge on any atom is -0.497 e. The molecule has 1 N–H and O–H groups in total. The number of benzene rings is 2. The smallest absolute Gasteiger partial charge is 0.365 e. The molecule has 0 saturated carbocycles. The van der Waals surface area contributed by atoms with Crippen molar-refractivity contribution in [1.29, 1.82) is 0 Å². The van der Waals surface area contributed by atoms with Crippen molar-refractivity contribution in [2.45, 2.75) is 19.4 Å². The van der Waals surface area contributed by atoms with Crippen LogP contribution in [0.15, 0.2) is 59.5 Å². The summed E-state index contributed by atoms with van der Waals surface area (Å²) < 4.78 is 11.3. The van der Waals surface area contributed by atoms with Crippen LogP contribution in [-0.4, -0.2) is 34.9 Å². The quantitative estimate of drug-likeness (QED) is 0.662. The molecule has 0 aliphatic carbocycles. The van der Waals surface area contributed by atoms with Crippen LogP contribution >= 0.6 is 0 Å². The van der Waals surface area contributed by atoms with Gasteiger partial charge in [-0.1, -0.05) is 6.92 Å². The van der Waals surface area contributed by atoms with Gasteiger partial charge in [0.15, 0.2) is 0 Å². The van der Waals surface area contributed by atoms with Crippen LogP contribution in [0.1, 0.15) is 19.4 Å². The molecular formula is C21H22N4O4. The summed E-state index contributed by atoms with van der Waals surface area (Å²) in [6.45, 7) is 1.81. The Morgan fingerprint density at radius 2 is 1.62 bits per heavy atom. The first kappa shape index (κ1) is 20.1. The number of aromatic nitrogens is 3. The third kappa shape index (κ3) is 4.60. The van der Waals surface area contributed by atoms with Gasteiger partial charge in [0.25, 0.3) is 0 Å². The number of nitrogens with zero attached hydrogens (tertiary/aromatic N) is 3. The van der Waals surface area contributed by atoms with Crippen molar-refractivity contribution >= 4 is 11.6 Å². The molecule has 3 rings (SSSR count). The summed E-state index contributed by atoms with van der Waals surface area (Å²) in [4.78, 5) is 29.3. The molecule has 0 saturated heterocycles. The lowest BCUT2D eigenvalue weighted by Crippen LogP contribution is -2.36. The van der Waals surface area contributed by atoms with Gasteiger partial charge in [0.1, 0.15) is 17.5 Å². The van der Waals surface area contributed by atoms with Gasteiger partial charge in [0, 0.05) is 11.3 Å². The fraction of sp³-hybridized carbons (Fsp3) is 0.238. The highest BCUT2D eigenvalue weighted by atomic mass is 16.5. The topological polar surface area (TPSA) is 95.3 Å². The Labute approximate surface area is 168 Å². The average molecular weight is 394 g/mol. The van der Waals surface area contributed by atoms with Crippen LogP contribution < -0.4 is 20.5 Å². The maximum absolute atomic E-state index is 12.7. The first-order chi connectivity index (χ1) is 14.0. The molecular weight excluding hydrogens is 372 g/mol. The molecule has 29 heavy (non-hydrogen) atoms. The molecule has 0 aliphatic heterocycles. The molecule has 1 amide bonds. The second-order valence-corrected chi connectivity index (χ2v) is 6.24. The van der Waals surface area contributed by atoms with Gasteiger partial charge in [0.05, 0.1) is 26.1 Å². The number of ether oxygens (including phenoxy) is 2. The van der Waals surface area contributed by atoms with Crippen LogP contribution in [0.4, 0.5) is 5.69 Å². The van der Waals surface area contributed by atoms with E-state index in [0.717, 1.165) is 10.2 Å². The van der Waals surface area contributed by atoms with Crippen LogP contribution in [0, 0.1) is 0 Å². The Kier molecular flexibility index (Phi) is 6.23. The highest BCUT2D eigenvalue weighted by Crippen LogP contribution is 2.20. The molecule has 8 heteroatoms. The van der Waals surface area contributed by atoms with Crippen LogP contribution in [0.25, 0.3) is 11.3 Å². The molecule has 150 valence electrons. The number of hydrogen-bond donors (Lipinski definition) is 1. The molecule has 8 nitrogen and oxygen atoms in total. The van der Waals surface area contributed by atoms with E-state index >= 15 is 0 Å². The van der Waals surface area contributed by atoms with Gasteiger partial charge >= 0.3 is 5.69 Å². The maximum atomic E-state index is 12.7. The molecule has 3 aromatic rings. The van der Waals surface area contributed by atoms with Crippen molar-refractivity contribution in [2.24, 2.45) is 0 Å². The number of methoxy groups -OCH3 is 2. The predicted molar refractivity (Wildman–Crippen MR) is 109 cm³/mol. The van der Waals surface area contributed by atoms with E-state index < -0.39 is 11.7 Å². The molecule has 1 aromatic heterocycles. The first-order valence-corrected chi connectivity index (χ1v) is 9.11. The van der Waals surface area contributed by atoms with Gasteiger partial charge < -0.3 is 14.8 Å². The molecule has 2 aromatic carbocycles. The number of anilines is 1. The largest absolute Gasteiger partial charge is 0.497 e. The third-order valence-corrected chi connectivity index (χ3v) is 4.44. The predicted octanol–water partition coefficient (Wildman–Crippen LogP) is 2.91. The number of carbonyl (C=O) groups is 1. The maximum Gasteiger partial charge on any atom is 0.365 e. The van der Waals surface area contributed by atoms with E-state index in [1.807, 2.05) is 6.92 Å². The highest BCUT2D eigenvalue weighted by Gasteiger charge is 2.22. The van der Waals surface area contributed by atoms with E-state index in [0.29, 0.717) is 29.3 Å². The van der Waals surface area contributed by atoms with Crippen molar-refractivity contribution in [3.8, 4) is 22.8 Å². The van der Waals surface area contributed by atoms with Crippen molar-refractivity contribution in [3.05, 3.63) is 65.2 Å². The molecule has 0 bridgehead atoms. The van der Waals surface area contributed by atoms with Crippen LogP contribution in [0.3, 0.4) is 0 Å². The zero-order valence-corrected chi connectivity index (χ0v) is 16.5. The van der Waals surface area contributed by atoms with E-state index in [9.17, 15) is 9.59 Å². The number of carbonyl (C=O) groups excluding carboxylic acids is 1. The molecule has 0 radical (unpaired) electrons. The number of nitrogens with one attached hydrogen (secondary N) is 1. The normalized spacial score (nSPS) is 11.6. The van der Waals surface area contributed by atoms with Gasteiger partial charge in [-0.25, -0.2) is 9.48 Å². The van der Waals surface area contributed by atoms with Gasteiger partial charge in [-0.2, -0.15) is 10.1 Å². The number of amides is 1.